The summed E-state index contributed by atoms with van der Waals surface area (Å²) in [6.45, 7) is 8.24. The van der Waals surface area contributed by atoms with Crippen molar-refractivity contribution in [3.05, 3.63) is 78.5 Å². The van der Waals surface area contributed by atoms with Crippen molar-refractivity contribution in [2.45, 2.75) is 20.3 Å². The molecule has 3 aromatic carbocycles. The van der Waals surface area contributed by atoms with Gasteiger partial charge in [-0.25, -0.2) is 0 Å². The van der Waals surface area contributed by atoms with E-state index in [1.54, 1.807) is 13.3 Å². The fourth-order valence-corrected chi connectivity index (χ4v) is 4.14. The van der Waals surface area contributed by atoms with E-state index < -0.39 is 0 Å². The van der Waals surface area contributed by atoms with Crippen LogP contribution in [0.15, 0.2) is 72.9 Å². The van der Waals surface area contributed by atoms with E-state index >= 15 is 0 Å². The zero-order chi connectivity index (χ0) is 24.6. The van der Waals surface area contributed by atoms with Crippen molar-refractivity contribution in [1.82, 2.24) is 4.90 Å². The molecule has 0 aromatic heterocycles. The van der Waals surface area contributed by atoms with E-state index in [0.29, 0.717) is 12.2 Å². The molecule has 4 rings (SSSR count). The van der Waals surface area contributed by atoms with Crippen molar-refractivity contribution in [1.29, 1.82) is 0 Å². The Kier molecular flexibility index (Phi) is 8.06. The zero-order valence-corrected chi connectivity index (χ0v) is 20.6. The molecule has 0 unspecified atom stereocenters. The summed E-state index contributed by atoms with van der Waals surface area (Å²) in [4.78, 5) is 15.0. The lowest BCUT2D eigenvalue weighted by Gasteiger charge is -2.17. The molecule has 0 aliphatic carbocycles. The minimum atomic E-state index is -0.122. The molecule has 0 saturated carbocycles. The average molecular weight is 472 g/mol. The van der Waals surface area contributed by atoms with E-state index in [2.05, 4.69) is 29.4 Å². The number of carbonyl (C=O) groups excluding carboxylic acids is 1. The minimum Gasteiger partial charge on any atom is -0.497 e. The van der Waals surface area contributed by atoms with Gasteiger partial charge in [0.1, 0.15) is 11.5 Å². The van der Waals surface area contributed by atoms with Crippen LogP contribution in [0.3, 0.4) is 0 Å². The number of nitrogens with zero attached hydrogens (tertiary/aromatic N) is 1. The Bertz CT molecular complexity index is 1180. The van der Waals surface area contributed by atoms with E-state index in [0.717, 1.165) is 65.6 Å². The second-order valence-electron chi connectivity index (χ2n) is 8.40. The van der Waals surface area contributed by atoms with Gasteiger partial charge in [0.15, 0.2) is 0 Å². The predicted octanol–water partition coefficient (Wildman–Crippen LogP) is 5.88. The van der Waals surface area contributed by atoms with Gasteiger partial charge < -0.3 is 25.0 Å². The van der Waals surface area contributed by atoms with Crippen LogP contribution < -0.4 is 20.1 Å². The van der Waals surface area contributed by atoms with Gasteiger partial charge in [-0.15, -0.1) is 0 Å². The van der Waals surface area contributed by atoms with Gasteiger partial charge in [0, 0.05) is 29.7 Å². The largest absolute Gasteiger partial charge is 0.497 e. The van der Waals surface area contributed by atoms with E-state index in [4.69, 9.17) is 9.47 Å². The van der Waals surface area contributed by atoms with Gasteiger partial charge in [-0.1, -0.05) is 38.1 Å². The number of rotatable bonds is 11. The summed E-state index contributed by atoms with van der Waals surface area (Å²) in [6.07, 6.45) is 2.76. The van der Waals surface area contributed by atoms with Gasteiger partial charge in [-0.05, 0) is 73.1 Å². The van der Waals surface area contributed by atoms with Gasteiger partial charge in [0.25, 0.3) is 5.91 Å². The molecule has 1 amide bonds. The molecule has 1 heterocycles. The van der Waals surface area contributed by atoms with Crippen molar-refractivity contribution < 1.29 is 14.3 Å². The standard InChI is InChI=1S/C29H33N3O3/c1-4-32(5-2)16-7-17-35-24-13-11-23(12-14-24)30-20-27-26-15-10-22(19-28(26)31-29(27)33)21-8-6-9-25(18-21)34-3/h6,8-15,18-20,30H,4-5,7,16-17H2,1-3H3,(H,31,33)/b27-20+. The van der Waals surface area contributed by atoms with Crippen LogP contribution >= 0.6 is 0 Å². The highest BCUT2D eigenvalue weighted by Crippen LogP contribution is 2.36. The number of methoxy groups -OCH3 is 1. The monoisotopic (exact) mass is 471 g/mol. The summed E-state index contributed by atoms with van der Waals surface area (Å²) in [6, 6.07) is 21.7. The SMILES string of the molecule is CCN(CC)CCCOc1ccc(N/C=C2/C(=O)Nc3cc(-c4cccc(OC)c4)ccc32)cc1. The normalized spacial score (nSPS) is 13.6. The number of fused-ring (bicyclic) bond motifs is 1. The molecule has 0 fully saturated rings. The maximum absolute atomic E-state index is 12.6. The highest BCUT2D eigenvalue weighted by Gasteiger charge is 2.24. The van der Waals surface area contributed by atoms with E-state index in [1.807, 2.05) is 66.7 Å². The van der Waals surface area contributed by atoms with Gasteiger partial charge in [-0.3, -0.25) is 4.79 Å². The first-order valence-corrected chi connectivity index (χ1v) is 12.1. The van der Waals surface area contributed by atoms with Gasteiger partial charge in [0.2, 0.25) is 0 Å². The van der Waals surface area contributed by atoms with Crippen LogP contribution in [0.4, 0.5) is 11.4 Å². The number of benzene rings is 3. The predicted molar refractivity (Wildman–Crippen MR) is 143 cm³/mol. The summed E-state index contributed by atoms with van der Waals surface area (Å²) in [7, 11) is 1.65. The molecule has 6 heteroatoms. The number of amides is 1. The van der Waals surface area contributed by atoms with Crippen molar-refractivity contribution in [3.8, 4) is 22.6 Å². The van der Waals surface area contributed by atoms with Gasteiger partial charge in [0.05, 0.1) is 19.3 Å². The fraction of sp³-hybridized carbons (Fsp3) is 0.276. The second-order valence-corrected chi connectivity index (χ2v) is 8.40. The van der Waals surface area contributed by atoms with Crippen molar-refractivity contribution in [2.75, 3.05) is 44.0 Å². The number of hydrogen-bond donors (Lipinski definition) is 2. The number of anilines is 2. The molecule has 0 saturated heterocycles. The maximum Gasteiger partial charge on any atom is 0.257 e. The first-order valence-electron chi connectivity index (χ1n) is 12.1. The lowest BCUT2D eigenvalue weighted by Crippen LogP contribution is -2.25. The van der Waals surface area contributed by atoms with Crippen LogP contribution in [-0.2, 0) is 4.79 Å². The van der Waals surface area contributed by atoms with Crippen molar-refractivity contribution in [3.63, 3.8) is 0 Å². The van der Waals surface area contributed by atoms with Crippen LogP contribution in [0.5, 0.6) is 11.5 Å². The molecule has 0 spiro atoms. The van der Waals surface area contributed by atoms with Gasteiger partial charge >= 0.3 is 0 Å². The van der Waals surface area contributed by atoms with Gasteiger partial charge in [-0.2, -0.15) is 0 Å². The molecule has 6 nitrogen and oxygen atoms in total. The first-order chi connectivity index (χ1) is 17.1. The third-order valence-electron chi connectivity index (χ3n) is 6.22. The zero-order valence-electron chi connectivity index (χ0n) is 20.6. The van der Waals surface area contributed by atoms with Crippen molar-refractivity contribution in [2.24, 2.45) is 0 Å². The Balaban J connectivity index is 1.38. The number of nitrogens with one attached hydrogen (secondary N) is 2. The summed E-state index contributed by atoms with van der Waals surface area (Å²) in [5.74, 6) is 1.52. The number of hydrogen-bond acceptors (Lipinski definition) is 5. The quantitative estimate of drug-likeness (QED) is 0.270. The average Bonchev–Trinajstić information content (AvgIpc) is 3.22. The first kappa shape index (κ1) is 24.4. The highest BCUT2D eigenvalue weighted by molar-refractivity contribution is 6.31. The molecule has 2 N–H and O–H groups in total. The van der Waals surface area contributed by atoms with Crippen LogP contribution in [0, 0.1) is 0 Å². The maximum atomic E-state index is 12.6. The summed E-state index contributed by atoms with van der Waals surface area (Å²) in [5.41, 5.74) is 5.23. The lowest BCUT2D eigenvalue weighted by atomic mass is 10.0. The number of ether oxygens (including phenoxy) is 2. The lowest BCUT2D eigenvalue weighted by molar-refractivity contribution is -0.110. The van der Waals surface area contributed by atoms with Crippen LogP contribution in [-0.4, -0.2) is 44.2 Å². The third kappa shape index (κ3) is 6.03. The van der Waals surface area contributed by atoms with E-state index in [-0.39, 0.29) is 5.91 Å². The van der Waals surface area contributed by atoms with Crippen molar-refractivity contribution >= 4 is 22.9 Å². The molecular weight excluding hydrogens is 438 g/mol. The molecular formula is C29H33N3O3. The second kappa shape index (κ2) is 11.6. The van der Waals surface area contributed by atoms with Crippen LogP contribution in [0.2, 0.25) is 0 Å². The van der Waals surface area contributed by atoms with E-state index in [1.165, 1.54) is 0 Å². The van der Waals surface area contributed by atoms with Crippen LogP contribution in [0.1, 0.15) is 25.8 Å². The summed E-state index contributed by atoms with van der Waals surface area (Å²) < 4.78 is 11.2. The Hall–Kier alpha value is -3.77. The summed E-state index contributed by atoms with van der Waals surface area (Å²) in [5, 5.41) is 6.22. The Labute approximate surface area is 207 Å². The Morgan fingerprint density at radius 1 is 0.943 bits per heavy atom. The molecule has 0 atom stereocenters. The summed E-state index contributed by atoms with van der Waals surface area (Å²) >= 11 is 0. The van der Waals surface area contributed by atoms with E-state index in [9.17, 15) is 4.79 Å². The molecule has 35 heavy (non-hydrogen) atoms. The molecule has 0 radical (unpaired) electrons. The molecule has 1 aliphatic heterocycles. The topological polar surface area (TPSA) is 62.8 Å². The smallest absolute Gasteiger partial charge is 0.257 e. The molecule has 1 aliphatic rings. The molecule has 0 bridgehead atoms. The van der Waals surface area contributed by atoms with Crippen LogP contribution in [0.25, 0.3) is 16.7 Å². The number of carbonyl (C=O) groups is 1. The Morgan fingerprint density at radius 2 is 1.71 bits per heavy atom. The third-order valence-corrected chi connectivity index (χ3v) is 6.22. The molecule has 3 aromatic rings. The Morgan fingerprint density at radius 3 is 2.46 bits per heavy atom. The highest BCUT2D eigenvalue weighted by atomic mass is 16.5. The molecule has 182 valence electrons. The minimum absolute atomic E-state index is 0.122. The fourth-order valence-electron chi connectivity index (χ4n) is 4.14.